The molecule has 3 unspecified atom stereocenters. The summed E-state index contributed by atoms with van der Waals surface area (Å²) in [7, 11) is 0. The number of hydrogen-bond acceptors (Lipinski definition) is 0. The van der Waals surface area contributed by atoms with Crippen LogP contribution in [-0.4, -0.2) is 16.1 Å². The third kappa shape index (κ3) is 1.81. The molecule has 58 valence electrons. The third-order valence-corrected chi connectivity index (χ3v) is 3.28. The summed E-state index contributed by atoms with van der Waals surface area (Å²) in [5, 5.41) is 0.0522. The highest BCUT2D eigenvalue weighted by Crippen LogP contribution is 2.33. The summed E-state index contributed by atoms with van der Waals surface area (Å²) >= 11 is 17.6. The van der Waals surface area contributed by atoms with Crippen LogP contribution >= 0.6 is 34.8 Å². The molecule has 0 N–H and O–H groups in total. The Morgan fingerprint density at radius 1 is 1.20 bits per heavy atom. The van der Waals surface area contributed by atoms with Gasteiger partial charge in [0.25, 0.3) is 0 Å². The van der Waals surface area contributed by atoms with Crippen LogP contribution in [0.25, 0.3) is 0 Å². The van der Waals surface area contributed by atoms with Crippen LogP contribution in [0.2, 0.25) is 0 Å². The zero-order valence-electron chi connectivity index (χ0n) is 5.49. The molecule has 3 atom stereocenters. The summed E-state index contributed by atoms with van der Waals surface area (Å²) in [6.45, 7) is 3.81. The predicted octanol–water partition coefficient (Wildman–Crippen LogP) is 3.16. The minimum atomic E-state index is 0.00895. The highest BCUT2D eigenvalue weighted by molar-refractivity contribution is 6.31. The first-order valence-corrected chi connectivity index (χ1v) is 4.52. The van der Waals surface area contributed by atoms with Crippen molar-refractivity contribution in [1.29, 1.82) is 0 Å². The minimum absolute atomic E-state index is 0.00895. The fourth-order valence-electron chi connectivity index (χ4n) is 1.02. The zero-order chi connectivity index (χ0) is 7.72. The SMILES string of the molecule is C=C1CC(Cl)C(Cl)CC1Cl. The topological polar surface area (TPSA) is 0 Å². The van der Waals surface area contributed by atoms with Gasteiger partial charge in [-0.3, -0.25) is 0 Å². The van der Waals surface area contributed by atoms with E-state index in [1.165, 1.54) is 0 Å². The summed E-state index contributed by atoms with van der Waals surface area (Å²) in [6.07, 6.45) is 1.50. The fraction of sp³-hybridized carbons (Fsp3) is 0.714. The van der Waals surface area contributed by atoms with Crippen molar-refractivity contribution in [3.8, 4) is 0 Å². The molecule has 1 aliphatic rings. The normalized spacial score (nSPS) is 41.9. The maximum atomic E-state index is 5.88. The van der Waals surface area contributed by atoms with E-state index in [9.17, 15) is 0 Å². The van der Waals surface area contributed by atoms with Crippen LogP contribution in [0, 0.1) is 0 Å². The van der Waals surface area contributed by atoms with E-state index >= 15 is 0 Å². The van der Waals surface area contributed by atoms with Crippen LogP contribution < -0.4 is 0 Å². The maximum Gasteiger partial charge on any atom is 0.0557 e. The summed E-state index contributed by atoms with van der Waals surface area (Å²) in [5.41, 5.74) is 1.01. The van der Waals surface area contributed by atoms with Gasteiger partial charge in [-0.2, -0.15) is 0 Å². The van der Waals surface area contributed by atoms with Crippen LogP contribution in [0.15, 0.2) is 12.2 Å². The second-order valence-corrected chi connectivity index (χ2v) is 4.25. The molecule has 1 saturated carbocycles. The molecule has 0 radical (unpaired) electrons. The molecule has 1 rings (SSSR count). The Labute approximate surface area is 76.1 Å². The molecule has 0 aliphatic heterocycles. The van der Waals surface area contributed by atoms with Crippen molar-refractivity contribution < 1.29 is 0 Å². The minimum Gasteiger partial charge on any atom is -0.121 e. The Morgan fingerprint density at radius 2 is 1.80 bits per heavy atom. The van der Waals surface area contributed by atoms with E-state index in [4.69, 9.17) is 34.8 Å². The monoisotopic (exact) mass is 198 g/mol. The molecular formula is C7H9Cl3. The number of hydrogen-bond donors (Lipinski definition) is 0. The van der Waals surface area contributed by atoms with E-state index < -0.39 is 0 Å². The van der Waals surface area contributed by atoms with Gasteiger partial charge in [0, 0.05) is 0 Å². The van der Waals surface area contributed by atoms with Crippen molar-refractivity contribution in [2.24, 2.45) is 0 Å². The smallest absolute Gasteiger partial charge is 0.0557 e. The highest BCUT2D eigenvalue weighted by Gasteiger charge is 2.28. The molecule has 0 heterocycles. The zero-order valence-corrected chi connectivity index (χ0v) is 7.76. The summed E-state index contributed by atoms with van der Waals surface area (Å²) in [4.78, 5) is 0. The largest absolute Gasteiger partial charge is 0.121 e. The van der Waals surface area contributed by atoms with Gasteiger partial charge in [-0.15, -0.1) is 34.8 Å². The average molecular weight is 200 g/mol. The van der Waals surface area contributed by atoms with Crippen LogP contribution in [0.3, 0.4) is 0 Å². The van der Waals surface area contributed by atoms with Gasteiger partial charge in [-0.25, -0.2) is 0 Å². The van der Waals surface area contributed by atoms with Crippen molar-refractivity contribution in [3.63, 3.8) is 0 Å². The molecule has 0 nitrogen and oxygen atoms in total. The van der Waals surface area contributed by atoms with E-state index in [0.29, 0.717) is 0 Å². The van der Waals surface area contributed by atoms with Gasteiger partial charge in [0.2, 0.25) is 0 Å². The standard InChI is InChI=1S/C7H9Cl3/c1-4-2-6(9)7(10)3-5(4)8/h5-7H,1-3H2. The molecule has 0 amide bonds. The molecule has 0 spiro atoms. The van der Waals surface area contributed by atoms with Gasteiger partial charge >= 0.3 is 0 Å². The molecule has 3 heteroatoms. The first-order chi connectivity index (χ1) is 4.61. The lowest BCUT2D eigenvalue weighted by molar-refractivity contribution is 0.622. The van der Waals surface area contributed by atoms with Crippen molar-refractivity contribution in [3.05, 3.63) is 12.2 Å². The molecular weight excluding hydrogens is 190 g/mol. The quantitative estimate of drug-likeness (QED) is 0.415. The first kappa shape index (κ1) is 8.70. The summed E-state index contributed by atoms with van der Waals surface area (Å²) in [6, 6.07) is 0. The van der Waals surface area contributed by atoms with E-state index in [1.54, 1.807) is 0 Å². The van der Waals surface area contributed by atoms with Gasteiger partial charge in [0.1, 0.15) is 0 Å². The summed E-state index contributed by atoms with van der Waals surface area (Å²) < 4.78 is 0. The van der Waals surface area contributed by atoms with Crippen LogP contribution in [-0.2, 0) is 0 Å². The van der Waals surface area contributed by atoms with Gasteiger partial charge in [0.05, 0.1) is 16.1 Å². The number of halogens is 3. The Bertz CT molecular complexity index is 144. The van der Waals surface area contributed by atoms with Crippen molar-refractivity contribution in [2.45, 2.75) is 29.0 Å². The van der Waals surface area contributed by atoms with Crippen molar-refractivity contribution in [2.75, 3.05) is 0 Å². The van der Waals surface area contributed by atoms with E-state index in [-0.39, 0.29) is 16.1 Å². The maximum absolute atomic E-state index is 5.88. The predicted molar refractivity (Wildman–Crippen MR) is 47.3 cm³/mol. The fourth-order valence-corrected chi connectivity index (χ4v) is 1.96. The lowest BCUT2D eigenvalue weighted by atomic mass is 9.95. The first-order valence-electron chi connectivity index (χ1n) is 3.21. The lowest BCUT2D eigenvalue weighted by Gasteiger charge is -2.27. The van der Waals surface area contributed by atoms with E-state index in [0.717, 1.165) is 18.4 Å². The number of alkyl halides is 3. The van der Waals surface area contributed by atoms with Crippen molar-refractivity contribution >= 4 is 34.8 Å². The lowest BCUT2D eigenvalue weighted by Crippen LogP contribution is -2.27. The molecule has 0 aromatic carbocycles. The Hall–Kier alpha value is 0.610. The molecule has 0 saturated heterocycles. The highest BCUT2D eigenvalue weighted by atomic mass is 35.5. The molecule has 0 aromatic heterocycles. The van der Waals surface area contributed by atoms with E-state index in [1.807, 2.05) is 0 Å². The second kappa shape index (κ2) is 3.34. The third-order valence-electron chi connectivity index (χ3n) is 1.72. The van der Waals surface area contributed by atoms with Crippen LogP contribution in [0.4, 0.5) is 0 Å². The van der Waals surface area contributed by atoms with Gasteiger partial charge in [0.15, 0.2) is 0 Å². The molecule has 0 aromatic rings. The second-order valence-electron chi connectivity index (χ2n) is 2.60. The van der Waals surface area contributed by atoms with Gasteiger partial charge < -0.3 is 0 Å². The Balaban J connectivity index is 2.54. The molecule has 1 aliphatic carbocycles. The molecule has 1 fully saturated rings. The van der Waals surface area contributed by atoms with Crippen molar-refractivity contribution in [1.82, 2.24) is 0 Å². The van der Waals surface area contributed by atoms with Crippen LogP contribution in [0.5, 0.6) is 0 Å². The average Bonchev–Trinajstić information content (AvgIpc) is 1.84. The van der Waals surface area contributed by atoms with Gasteiger partial charge in [-0.1, -0.05) is 12.2 Å². The molecule has 10 heavy (non-hydrogen) atoms. The summed E-state index contributed by atoms with van der Waals surface area (Å²) in [5.74, 6) is 0. The van der Waals surface area contributed by atoms with E-state index in [2.05, 4.69) is 6.58 Å². The van der Waals surface area contributed by atoms with Crippen LogP contribution in [0.1, 0.15) is 12.8 Å². The van der Waals surface area contributed by atoms with Gasteiger partial charge in [-0.05, 0) is 12.8 Å². The Kier molecular flexibility index (Phi) is 2.91. The Morgan fingerprint density at radius 3 is 2.30 bits per heavy atom. The number of rotatable bonds is 0. The number of allylic oxidation sites excluding steroid dienone is 1. The molecule has 0 bridgehead atoms.